The fourth-order valence-electron chi connectivity index (χ4n) is 5.66. The number of piperidine rings is 1. The van der Waals surface area contributed by atoms with E-state index in [4.69, 9.17) is 0 Å². The van der Waals surface area contributed by atoms with Crippen molar-refractivity contribution in [3.8, 4) is 0 Å². The van der Waals surface area contributed by atoms with Gasteiger partial charge in [-0.15, -0.1) is 0 Å². The molecule has 1 spiro atoms. The Bertz CT molecular complexity index is 1100. The molecule has 1 aromatic carbocycles. The number of benzene rings is 1. The van der Waals surface area contributed by atoms with Crippen LogP contribution >= 0.6 is 0 Å². The largest absolute Gasteiger partial charge is 0.348 e. The maximum Gasteiger partial charge on any atom is 0.255 e. The van der Waals surface area contributed by atoms with Gasteiger partial charge in [-0.25, -0.2) is 0 Å². The summed E-state index contributed by atoms with van der Waals surface area (Å²) in [6, 6.07) is 9.76. The lowest BCUT2D eigenvalue weighted by atomic mass is 9.84. The van der Waals surface area contributed by atoms with Crippen LogP contribution < -0.4 is 10.6 Å². The summed E-state index contributed by atoms with van der Waals surface area (Å²) in [5, 5.41) is 5.81. The third kappa shape index (κ3) is 2.71. The Kier molecular flexibility index (Phi) is 4.10. The molecule has 4 aliphatic rings. The molecule has 2 saturated heterocycles. The van der Waals surface area contributed by atoms with E-state index in [9.17, 15) is 14.4 Å². The molecule has 1 atom stereocenters. The molecule has 5 heterocycles. The summed E-state index contributed by atoms with van der Waals surface area (Å²) >= 11 is 0. The second kappa shape index (κ2) is 6.77. The van der Waals surface area contributed by atoms with Gasteiger partial charge in [0, 0.05) is 63.1 Å². The number of rotatable bonds is 3. The van der Waals surface area contributed by atoms with Crippen molar-refractivity contribution in [2.45, 2.75) is 44.1 Å². The van der Waals surface area contributed by atoms with Gasteiger partial charge in [-0.1, -0.05) is 18.2 Å². The van der Waals surface area contributed by atoms with Crippen molar-refractivity contribution in [3.05, 3.63) is 58.9 Å². The van der Waals surface area contributed by atoms with Gasteiger partial charge in [-0.2, -0.15) is 0 Å². The number of imide groups is 1. The SMILES string of the molecule is O=C1CCC(N2Cc3cccc(CN4CCn5cccc5C45CNC5)c3C2=O)C(=O)N1. The van der Waals surface area contributed by atoms with Crippen LogP contribution in [0.5, 0.6) is 0 Å². The van der Waals surface area contributed by atoms with Crippen LogP contribution in [-0.2, 0) is 34.8 Å². The fourth-order valence-corrected chi connectivity index (χ4v) is 5.66. The van der Waals surface area contributed by atoms with E-state index in [1.807, 2.05) is 18.2 Å². The summed E-state index contributed by atoms with van der Waals surface area (Å²) < 4.78 is 2.34. The molecule has 1 aromatic heterocycles. The van der Waals surface area contributed by atoms with Crippen molar-refractivity contribution in [2.75, 3.05) is 19.6 Å². The summed E-state index contributed by atoms with van der Waals surface area (Å²) in [4.78, 5) is 41.4. The molecule has 31 heavy (non-hydrogen) atoms. The standard InChI is InChI=1S/C23H25N5O3/c29-19-7-6-17(21(30)25-19)28-12-16-4-1-3-15(20(16)22(28)31)11-27-10-9-26-8-2-5-18(26)23(27)13-24-14-23/h1-5,8,17,24H,6-7,9-14H2,(H,25,29,30). The molecule has 4 aliphatic heterocycles. The van der Waals surface area contributed by atoms with Crippen molar-refractivity contribution < 1.29 is 14.4 Å². The van der Waals surface area contributed by atoms with E-state index in [1.165, 1.54) is 5.69 Å². The minimum atomic E-state index is -0.578. The predicted molar refractivity (Wildman–Crippen MR) is 112 cm³/mol. The van der Waals surface area contributed by atoms with Crippen LogP contribution in [0.25, 0.3) is 0 Å². The van der Waals surface area contributed by atoms with E-state index >= 15 is 0 Å². The zero-order chi connectivity index (χ0) is 21.2. The van der Waals surface area contributed by atoms with Gasteiger partial charge in [0.15, 0.2) is 0 Å². The highest BCUT2D eigenvalue weighted by Gasteiger charge is 2.48. The molecule has 0 aliphatic carbocycles. The lowest BCUT2D eigenvalue weighted by Gasteiger charge is -2.53. The first-order chi connectivity index (χ1) is 15.1. The van der Waals surface area contributed by atoms with E-state index in [-0.39, 0.29) is 29.7 Å². The Morgan fingerprint density at radius 2 is 1.94 bits per heavy atom. The number of fused-ring (bicyclic) bond motifs is 3. The highest BCUT2D eigenvalue weighted by Crippen LogP contribution is 2.38. The van der Waals surface area contributed by atoms with E-state index in [1.54, 1.807) is 4.90 Å². The Hall–Kier alpha value is -2.97. The van der Waals surface area contributed by atoms with Crippen LogP contribution in [-0.4, -0.2) is 57.8 Å². The minimum absolute atomic E-state index is 0.0323. The molecule has 6 rings (SSSR count). The molecule has 2 N–H and O–H groups in total. The summed E-state index contributed by atoms with van der Waals surface area (Å²) in [5.74, 6) is -0.725. The molecular formula is C23H25N5O3. The number of nitrogens with one attached hydrogen (secondary N) is 2. The van der Waals surface area contributed by atoms with Gasteiger partial charge >= 0.3 is 0 Å². The first kappa shape index (κ1) is 18.8. The second-order valence-corrected chi connectivity index (χ2v) is 8.99. The van der Waals surface area contributed by atoms with Crippen molar-refractivity contribution in [3.63, 3.8) is 0 Å². The topological polar surface area (TPSA) is 86.7 Å². The van der Waals surface area contributed by atoms with Gasteiger partial charge in [0.1, 0.15) is 6.04 Å². The molecule has 3 amide bonds. The van der Waals surface area contributed by atoms with Crippen LogP contribution in [0, 0.1) is 0 Å². The van der Waals surface area contributed by atoms with Crippen molar-refractivity contribution in [2.24, 2.45) is 0 Å². The van der Waals surface area contributed by atoms with E-state index in [2.05, 4.69) is 38.4 Å². The molecule has 0 radical (unpaired) electrons. The monoisotopic (exact) mass is 419 g/mol. The van der Waals surface area contributed by atoms with Gasteiger partial charge in [-0.3, -0.25) is 24.6 Å². The van der Waals surface area contributed by atoms with Gasteiger partial charge in [0.25, 0.3) is 5.91 Å². The van der Waals surface area contributed by atoms with Crippen molar-refractivity contribution in [1.82, 2.24) is 25.0 Å². The number of carbonyl (C=O) groups is 3. The van der Waals surface area contributed by atoms with Gasteiger partial charge in [0.05, 0.1) is 5.54 Å². The van der Waals surface area contributed by atoms with Crippen molar-refractivity contribution >= 4 is 17.7 Å². The Labute approximate surface area is 180 Å². The molecule has 1 unspecified atom stereocenters. The maximum atomic E-state index is 13.4. The average Bonchev–Trinajstić information content (AvgIpc) is 3.32. The smallest absolute Gasteiger partial charge is 0.255 e. The molecule has 160 valence electrons. The third-order valence-electron chi connectivity index (χ3n) is 7.36. The minimum Gasteiger partial charge on any atom is -0.348 e. The van der Waals surface area contributed by atoms with Crippen LogP contribution in [0.2, 0.25) is 0 Å². The second-order valence-electron chi connectivity index (χ2n) is 8.99. The Morgan fingerprint density at radius 1 is 1.06 bits per heavy atom. The lowest BCUT2D eigenvalue weighted by Crippen LogP contribution is -2.68. The quantitative estimate of drug-likeness (QED) is 0.711. The van der Waals surface area contributed by atoms with Crippen LogP contribution in [0.4, 0.5) is 0 Å². The molecule has 2 aromatic rings. The van der Waals surface area contributed by atoms with E-state index in [0.717, 1.165) is 42.9 Å². The number of amides is 3. The van der Waals surface area contributed by atoms with Crippen LogP contribution in [0.15, 0.2) is 36.5 Å². The van der Waals surface area contributed by atoms with Crippen LogP contribution in [0.1, 0.15) is 40.0 Å². The third-order valence-corrected chi connectivity index (χ3v) is 7.36. The number of hydrogen-bond acceptors (Lipinski definition) is 5. The number of carbonyl (C=O) groups excluding carboxylic acids is 3. The summed E-state index contributed by atoms with van der Waals surface area (Å²) in [7, 11) is 0. The number of nitrogens with zero attached hydrogens (tertiary/aromatic N) is 3. The normalized spacial score (nSPS) is 24.7. The predicted octanol–water partition coefficient (Wildman–Crippen LogP) is 0.563. The zero-order valence-corrected chi connectivity index (χ0v) is 17.3. The number of hydrogen-bond donors (Lipinski definition) is 2. The van der Waals surface area contributed by atoms with Gasteiger partial charge in [0.2, 0.25) is 11.8 Å². The first-order valence-electron chi connectivity index (χ1n) is 10.9. The summed E-state index contributed by atoms with van der Waals surface area (Å²) in [6.07, 6.45) is 2.80. The average molecular weight is 419 g/mol. The Balaban J connectivity index is 1.29. The molecule has 8 nitrogen and oxygen atoms in total. The Morgan fingerprint density at radius 3 is 2.71 bits per heavy atom. The summed E-state index contributed by atoms with van der Waals surface area (Å²) in [5.41, 5.74) is 4.02. The first-order valence-corrected chi connectivity index (χ1v) is 10.9. The van der Waals surface area contributed by atoms with Gasteiger partial charge in [-0.05, 0) is 29.7 Å². The highest BCUT2D eigenvalue weighted by atomic mass is 16.2. The van der Waals surface area contributed by atoms with E-state index in [0.29, 0.717) is 19.5 Å². The fraction of sp³-hybridized carbons (Fsp3) is 0.435. The maximum absolute atomic E-state index is 13.4. The highest BCUT2D eigenvalue weighted by molar-refractivity contribution is 6.06. The molecular weight excluding hydrogens is 394 g/mol. The van der Waals surface area contributed by atoms with Crippen molar-refractivity contribution in [1.29, 1.82) is 0 Å². The molecule has 0 bridgehead atoms. The lowest BCUT2D eigenvalue weighted by molar-refractivity contribution is -0.136. The van der Waals surface area contributed by atoms with E-state index < -0.39 is 6.04 Å². The number of aromatic nitrogens is 1. The molecule has 2 fully saturated rings. The van der Waals surface area contributed by atoms with Gasteiger partial charge < -0.3 is 14.8 Å². The zero-order valence-electron chi connectivity index (χ0n) is 17.3. The molecule has 8 heteroatoms. The summed E-state index contributed by atoms with van der Waals surface area (Å²) in [6.45, 7) is 4.80. The molecule has 0 saturated carbocycles. The van der Waals surface area contributed by atoms with Crippen LogP contribution in [0.3, 0.4) is 0 Å².